The molecule has 0 aromatic heterocycles. The molecule has 1 aromatic rings. The highest BCUT2D eigenvalue weighted by Gasteiger charge is 2.24. The molecule has 1 aliphatic rings. The van der Waals surface area contributed by atoms with Crippen molar-refractivity contribution in [2.24, 2.45) is 5.92 Å². The molecule has 19 heavy (non-hydrogen) atoms. The molecule has 1 heterocycles. The maximum absolute atomic E-state index is 12.0. The summed E-state index contributed by atoms with van der Waals surface area (Å²) in [5.41, 5.74) is 1.26. The van der Waals surface area contributed by atoms with Crippen LogP contribution >= 0.6 is 0 Å². The molecule has 1 saturated heterocycles. The molecule has 4 nitrogen and oxygen atoms in total. The molecule has 0 spiro atoms. The highest BCUT2D eigenvalue weighted by molar-refractivity contribution is 5.77. The minimum Gasteiger partial charge on any atom is -0.369 e. The highest BCUT2D eigenvalue weighted by atomic mass is 16.2. The molecular formula is C15H23N3O. The van der Waals surface area contributed by atoms with Crippen molar-refractivity contribution in [3.63, 3.8) is 0 Å². The number of rotatable bonds is 3. The fraction of sp³-hybridized carbons (Fsp3) is 0.533. The number of carbonyl (C=O) groups is 1. The van der Waals surface area contributed by atoms with Crippen LogP contribution in [0.4, 0.5) is 5.69 Å². The predicted octanol–water partition coefficient (Wildman–Crippen LogP) is 1.84. The predicted molar refractivity (Wildman–Crippen MR) is 77.8 cm³/mol. The van der Waals surface area contributed by atoms with Crippen LogP contribution in [0.1, 0.15) is 13.8 Å². The summed E-state index contributed by atoms with van der Waals surface area (Å²) in [6, 6.07) is 10.4. The van der Waals surface area contributed by atoms with E-state index in [1.54, 1.807) is 5.01 Å². The van der Waals surface area contributed by atoms with E-state index in [1.165, 1.54) is 5.69 Å². The molecule has 2 rings (SSSR count). The van der Waals surface area contributed by atoms with Crippen molar-refractivity contribution in [1.82, 2.24) is 10.0 Å². The van der Waals surface area contributed by atoms with Crippen molar-refractivity contribution in [3.05, 3.63) is 30.3 Å². The lowest BCUT2D eigenvalue weighted by Crippen LogP contribution is -2.55. The Kier molecular flexibility index (Phi) is 4.43. The van der Waals surface area contributed by atoms with E-state index in [0.29, 0.717) is 0 Å². The number of hydrazine groups is 1. The summed E-state index contributed by atoms with van der Waals surface area (Å²) < 4.78 is 0. The smallest absolute Gasteiger partial charge is 0.239 e. The van der Waals surface area contributed by atoms with Gasteiger partial charge in [0.2, 0.25) is 5.91 Å². The van der Waals surface area contributed by atoms with E-state index in [-0.39, 0.29) is 11.8 Å². The zero-order chi connectivity index (χ0) is 13.8. The van der Waals surface area contributed by atoms with Crippen LogP contribution in [0.5, 0.6) is 0 Å². The van der Waals surface area contributed by atoms with Crippen LogP contribution in [0.25, 0.3) is 0 Å². The highest BCUT2D eigenvalue weighted by Crippen LogP contribution is 2.16. The Labute approximate surface area is 115 Å². The number of anilines is 1. The number of amides is 1. The third-order valence-corrected chi connectivity index (χ3v) is 3.61. The number of para-hydroxylation sites is 1. The van der Waals surface area contributed by atoms with Crippen LogP contribution in [0.2, 0.25) is 0 Å². The van der Waals surface area contributed by atoms with Crippen LogP contribution in [0.15, 0.2) is 30.3 Å². The number of carbonyl (C=O) groups excluding carboxylic acids is 1. The Hall–Kier alpha value is -1.55. The fourth-order valence-electron chi connectivity index (χ4n) is 2.41. The van der Waals surface area contributed by atoms with Crippen LogP contribution in [0, 0.1) is 5.92 Å². The van der Waals surface area contributed by atoms with Crippen molar-refractivity contribution in [2.45, 2.75) is 13.8 Å². The van der Waals surface area contributed by atoms with Gasteiger partial charge in [-0.3, -0.25) is 9.80 Å². The van der Waals surface area contributed by atoms with Crippen molar-refractivity contribution < 1.29 is 4.79 Å². The largest absolute Gasteiger partial charge is 0.369 e. The van der Waals surface area contributed by atoms with Gasteiger partial charge in [0.15, 0.2) is 0 Å². The van der Waals surface area contributed by atoms with Crippen LogP contribution in [0.3, 0.4) is 0 Å². The summed E-state index contributed by atoms with van der Waals surface area (Å²) in [5.74, 6) is 0.241. The molecule has 0 unspecified atom stereocenters. The molecule has 0 bridgehead atoms. The zero-order valence-corrected chi connectivity index (χ0v) is 12.0. The molecule has 104 valence electrons. The Bertz CT molecular complexity index is 411. The average molecular weight is 261 g/mol. The number of hydrogen-bond acceptors (Lipinski definition) is 3. The second-order valence-electron chi connectivity index (χ2n) is 5.29. The first-order valence-electron chi connectivity index (χ1n) is 6.92. The van der Waals surface area contributed by atoms with Gasteiger partial charge in [-0.25, -0.2) is 5.01 Å². The van der Waals surface area contributed by atoms with Gasteiger partial charge in [-0.05, 0) is 12.1 Å². The summed E-state index contributed by atoms with van der Waals surface area (Å²) in [6.07, 6.45) is 0. The Balaban J connectivity index is 1.91. The fourth-order valence-corrected chi connectivity index (χ4v) is 2.41. The van der Waals surface area contributed by atoms with Crippen LogP contribution < -0.4 is 4.90 Å². The average Bonchev–Trinajstić information content (AvgIpc) is 2.46. The summed E-state index contributed by atoms with van der Waals surface area (Å²) in [4.78, 5) is 14.3. The molecular weight excluding hydrogens is 238 g/mol. The van der Waals surface area contributed by atoms with Gasteiger partial charge < -0.3 is 4.90 Å². The monoisotopic (exact) mass is 261 g/mol. The van der Waals surface area contributed by atoms with Gasteiger partial charge in [0.25, 0.3) is 0 Å². The molecule has 1 aromatic carbocycles. The van der Waals surface area contributed by atoms with E-state index in [9.17, 15) is 4.79 Å². The van der Waals surface area contributed by atoms with Gasteiger partial charge in [0.05, 0.1) is 0 Å². The summed E-state index contributed by atoms with van der Waals surface area (Å²) >= 11 is 0. The third-order valence-electron chi connectivity index (χ3n) is 3.61. The molecule has 0 radical (unpaired) electrons. The number of nitrogens with zero attached hydrogens (tertiary/aromatic N) is 3. The Morgan fingerprint density at radius 2 is 1.68 bits per heavy atom. The molecule has 0 N–H and O–H groups in total. The zero-order valence-electron chi connectivity index (χ0n) is 12.0. The summed E-state index contributed by atoms with van der Waals surface area (Å²) in [7, 11) is 1.88. The number of hydrogen-bond donors (Lipinski definition) is 0. The van der Waals surface area contributed by atoms with E-state index < -0.39 is 0 Å². The summed E-state index contributed by atoms with van der Waals surface area (Å²) in [5, 5.41) is 3.93. The maximum Gasteiger partial charge on any atom is 0.239 e. The van der Waals surface area contributed by atoms with Gasteiger partial charge in [-0.2, -0.15) is 0 Å². The third kappa shape index (κ3) is 3.26. The van der Waals surface area contributed by atoms with Gasteiger partial charge in [-0.1, -0.05) is 32.0 Å². The number of benzene rings is 1. The van der Waals surface area contributed by atoms with E-state index in [1.807, 2.05) is 27.0 Å². The molecule has 0 saturated carbocycles. The maximum atomic E-state index is 12.0. The first-order valence-corrected chi connectivity index (χ1v) is 6.92. The second kappa shape index (κ2) is 6.06. The Morgan fingerprint density at radius 3 is 2.21 bits per heavy atom. The van der Waals surface area contributed by atoms with E-state index >= 15 is 0 Å². The molecule has 1 fully saturated rings. The first-order chi connectivity index (χ1) is 9.09. The van der Waals surface area contributed by atoms with Crippen LogP contribution in [-0.2, 0) is 4.79 Å². The van der Waals surface area contributed by atoms with Crippen molar-refractivity contribution >= 4 is 11.6 Å². The van der Waals surface area contributed by atoms with Crippen LogP contribution in [-0.4, -0.2) is 49.2 Å². The molecule has 0 atom stereocenters. The van der Waals surface area contributed by atoms with Gasteiger partial charge >= 0.3 is 0 Å². The number of piperazine rings is 1. The van der Waals surface area contributed by atoms with E-state index in [4.69, 9.17) is 0 Å². The first kappa shape index (κ1) is 13.9. The lowest BCUT2D eigenvalue weighted by molar-refractivity contribution is -0.149. The Morgan fingerprint density at radius 1 is 1.11 bits per heavy atom. The SMILES string of the molecule is CC(C)C(=O)N(C)N1CCN(c2ccccc2)CC1. The van der Waals surface area contributed by atoms with Gasteiger partial charge in [-0.15, -0.1) is 0 Å². The van der Waals surface area contributed by atoms with Crippen molar-refractivity contribution in [3.8, 4) is 0 Å². The quantitative estimate of drug-likeness (QED) is 0.830. The summed E-state index contributed by atoms with van der Waals surface area (Å²) in [6.45, 7) is 7.59. The lowest BCUT2D eigenvalue weighted by atomic mass is 10.2. The molecule has 0 aliphatic carbocycles. The normalized spacial score (nSPS) is 16.7. The standard InChI is InChI=1S/C15H23N3O/c1-13(2)15(19)16(3)18-11-9-17(10-12-18)14-7-5-4-6-8-14/h4-8,13H,9-12H2,1-3H3. The van der Waals surface area contributed by atoms with Gasteiger partial charge in [0, 0.05) is 44.8 Å². The molecule has 1 amide bonds. The minimum absolute atomic E-state index is 0.0529. The van der Waals surface area contributed by atoms with Crippen molar-refractivity contribution in [1.29, 1.82) is 0 Å². The van der Waals surface area contributed by atoms with Gasteiger partial charge in [0.1, 0.15) is 0 Å². The van der Waals surface area contributed by atoms with E-state index in [0.717, 1.165) is 26.2 Å². The molecule has 1 aliphatic heterocycles. The second-order valence-corrected chi connectivity index (χ2v) is 5.29. The molecule has 4 heteroatoms. The van der Waals surface area contributed by atoms with Crippen molar-refractivity contribution in [2.75, 3.05) is 38.1 Å². The topological polar surface area (TPSA) is 26.8 Å². The minimum atomic E-state index is 0.0529. The lowest BCUT2D eigenvalue weighted by Gasteiger charge is -2.40. The van der Waals surface area contributed by atoms with E-state index in [2.05, 4.69) is 34.2 Å².